The molecule has 5 heteroatoms. The zero-order valence-corrected chi connectivity index (χ0v) is 18.5. The summed E-state index contributed by atoms with van der Waals surface area (Å²) in [5.41, 5.74) is 4.06. The molecule has 2 heterocycles. The number of hydrogen-bond acceptors (Lipinski definition) is 3. The van der Waals surface area contributed by atoms with Crippen molar-refractivity contribution in [1.29, 1.82) is 0 Å². The third kappa shape index (κ3) is 3.52. The molecule has 0 saturated heterocycles. The predicted molar refractivity (Wildman–Crippen MR) is 120 cm³/mol. The lowest BCUT2D eigenvalue weighted by Gasteiger charge is -2.51. The summed E-state index contributed by atoms with van der Waals surface area (Å²) in [7, 11) is 0. The van der Waals surface area contributed by atoms with Crippen LogP contribution in [-0.4, -0.2) is 29.1 Å². The second-order valence-electron chi connectivity index (χ2n) is 8.71. The molecule has 1 aliphatic heterocycles. The topological polar surface area (TPSA) is 53.4 Å². The largest absolute Gasteiger partial charge is 0.478 e. The number of aromatic carboxylic acids is 1. The Hall–Kier alpha value is -2.40. The molecular weight excluding hydrogens is 428 g/mol. The number of halogens is 1. The van der Waals surface area contributed by atoms with Gasteiger partial charge in [-0.2, -0.15) is 0 Å². The summed E-state index contributed by atoms with van der Waals surface area (Å²) in [6.45, 7) is 8.66. The summed E-state index contributed by atoms with van der Waals surface area (Å²) in [5.74, 6) is 0.102. The molecule has 1 N–H and O–H groups in total. The van der Waals surface area contributed by atoms with E-state index in [0.29, 0.717) is 5.56 Å². The van der Waals surface area contributed by atoms with Crippen LogP contribution in [-0.2, 0) is 0 Å². The minimum Gasteiger partial charge on any atom is -0.478 e. The van der Waals surface area contributed by atoms with Crippen LogP contribution >= 0.6 is 15.9 Å². The second-order valence-corrected chi connectivity index (χ2v) is 9.52. The molecule has 0 amide bonds. The van der Waals surface area contributed by atoms with Crippen molar-refractivity contribution >= 4 is 33.3 Å². The van der Waals surface area contributed by atoms with Gasteiger partial charge < -0.3 is 10.0 Å². The Bertz CT molecular complexity index is 1020. The Kier molecular flexibility index (Phi) is 4.89. The molecule has 0 unspecified atom stereocenters. The van der Waals surface area contributed by atoms with E-state index in [2.05, 4.69) is 64.8 Å². The number of allylic oxidation sites excluding steroid dienone is 2. The lowest BCUT2D eigenvalue weighted by molar-refractivity contribution is 0.0697. The fourth-order valence-corrected chi connectivity index (χ4v) is 5.28. The number of anilines is 1. The molecule has 150 valence electrons. The molecule has 0 fully saturated rings. The average molecular weight is 453 g/mol. The predicted octanol–water partition coefficient (Wildman–Crippen LogP) is 5.81. The molecule has 0 saturated carbocycles. The number of rotatable bonds is 3. The van der Waals surface area contributed by atoms with Gasteiger partial charge in [0, 0.05) is 23.9 Å². The Morgan fingerprint density at radius 2 is 1.83 bits per heavy atom. The molecule has 0 radical (unpaired) electrons. The molecule has 1 aromatic carbocycles. The van der Waals surface area contributed by atoms with E-state index in [4.69, 9.17) is 0 Å². The summed E-state index contributed by atoms with van der Waals surface area (Å²) in [4.78, 5) is 18.2. The maximum Gasteiger partial charge on any atom is 0.335 e. The molecule has 1 atom stereocenters. The zero-order chi connectivity index (χ0) is 20.8. The minimum absolute atomic E-state index is 0.0379. The monoisotopic (exact) mass is 452 g/mol. The van der Waals surface area contributed by atoms with E-state index in [9.17, 15) is 9.90 Å². The highest BCUT2D eigenvalue weighted by Gasteiger charge is 2.45. The highest BCUT2D eigenvalue weighted by Crippen LogP contribution is 2.55. The summed E-state index contributed by atoms with van der Waals surface area (Å²) in [5, 5.41) is 9.18. The first-order valence-electron chi connectivity index (χ1n) is 9.84. The Balaban J connectivity index is 1.67. The summed E-state index contributed by atoms with van der Waals surface area (Å²) < 4.78 is 0.853. The normalized spacial score (nSPS) is 23.1. The van der Waals surface area contributed by atoms with Crippen LogP contribution in [0.4, 0.5) is 5.82 Å². The molecule has 1 aromatic heterocycles. The number of pyridine rings is 1. The van der Waals surface area contributed by atoms with E-state index in [0.717, 1.165) is 35.5 Å². The molecule has 2 aliphatic rings. The van der Waals surface area contributed by atoms with Crippen LogP contribution in [0.25, 0.3) is 5.57 Å². The van der Waals surface area contributed by atoms with Crippen molar-refractivity contribution in [1.82, 2.24) is 4.98 Å². The number of carboxylic acid groups (broad SMARTS) is 1. The third-order valence-electron chi connectivity index (χ3n) is 6.28. The Morgan fingerprint density at radius 1 is 1.10 bits per heavy atom. The van der Waals surface area contributed by atoms with Crippen molar-refractivity contribution in [2.45, 2.75) is 27.2 Å². The van der Waals surface area contributed by atoms with Gasteiger partial charge in [0.25, 0.3) is 0 Å². The molecule has 0 bridgehead atoms. The summed E-state index contributed by atoms with van der Waals surface area (Å²) in [6.07, 6.45) is 5.65. The summed E-state index contributed by atoms with van der Waals surface area (Å²) >= 11 is 3.48. The van der Waals surface area contributed by atoms with Crippen LogP contribution in [0.1, 0.15) is 43.1 Å². The van der Waals surface area contributed by atoms with Gasteiger partial charge in [-0.05, 0) is 57.8 Å². The molecule has 0 spiro atoms. The third-order valence-corrected chi connectivity index (χ3v) is 6.72. The van der Waals surface area contributed by atoms with Crippen molar-refractivity contribution in [2.75, 3.05) is 18.0 Å². The van der Waals surface area contributed by atoms with Crippen molar-refractivity contribution in [3.63, 3.8) is 0 Å². The van der Waals surface area contributed by atoms with Gasteiger partial charge in [0.05, 0.1) is 5.56 Å². The molecule has 29 heavy (non-hydrogen) atoms. The van der Waals surface area contributed by atoms with Crippen LogP contribution in [0, 0.1) is 10.8 Å². The smallest absolute Gasteiger partial charge is 0.335 e. The molecule has 1 aliphatic carbocycles. The van der Waals surface area contributed by atoms with Crippen LogP contribution in [0.5, 0.6) is 0 Å². The Morgan fingerprint density at radius 3 is 2.48 bits per heavy atom. The first kappa shape index (κ1) is 19.9. The second kappa shape index (κ2) is 7.13. The highest BCUT2D eigenvalue weighted by atomic mass is 79.9. The number of carbonyl (C=O) groups is 1. The van der Waals surface area contributed by atoms with Gasteiger partial charge in [0.2, 0.25) is 0 Å². The standard InChI is InChI=1S/C24H25BrN2O2/c1-23(2)18(16-7-9-17(10-8-16)22(28)29)11-13-24(3)15-27(14-12-19(23)24)21-6-4-5-20(25)26-21/h4-12H,13-15H2,1-3H3,(H,28,29)/t24-/m1/s1. The maximum absolute atomic E-state index is 11.2. The molecular formula is C24H25BrN2O2. The average Bonchev–Trinajstić information content (AvgIpc) is 2.67. The maximum atomic E-state index is 11.2. The van der Waals surface area contributed by atoms with Crippen LogP contribution in [0.15, 0.2) is 64.8 Å². The minimum atomic E-state index is -0.891. The quantitative estimate of drug-likeness (QED) is 0.471. The van der Waals surface area contributed by atoms with Gasteiger partial charge in [-0.1, -0.05) is 56.7 Å². The molecule has 4 nitrogen and oxygen atoms in total. The van der Waals surface area contributed by atoms with Gasteiger partial charge >= 0.3 is 5.97 Å². The van der Waals surface area contributed by atoms with E-state index in [1.165, 1.54) is 11.1 Å². The first-order valence-corrected chi connectivity index (χ1v) is 10.6. The molecule has 2 aromatic rings. The van der Waals surface area contributed by atoms with E-state index >= 15 is 0 Å². The fourth-order valence-electron chi connectivity index (χ4n) is 4.95. The number of benzene rings is 1. The lowest BCUT2D eigenvalue weighted by Crippen LogP contribution is -2.47. The van der Waals surface area contributed by atoms with Crippen LogP contribution in [0.3, 0.4) is 0 Å². The van der Waals surface area contributed by atoms with Gasteiger partial charge in [-0.3, -0.25) is 0 Å². The number of fused-ring (bicyclic) bond motifs is 1. The van der Waals surface area contributed by atoms with Crippen LogP contribution < -0.4 is 4.90 Å². The van der Waals surface area contributed by atoms with E-state index in [1.807, 2.05) is 24.3 Å². The van der Waals surface area contributed by atoms with Gasteiger partial charge in [0.1, 0.15) is 10.4 Å². The van der Waals surface area contributed by atoms with E-state index in [1.54, 1.807) is 12.1 Å². The van der Waals surface area contributed by atoms with E-state index in [-0.39, 0.29) is 10.8 Å². The number of aromatic nitrogens is 1. The van der Waals surface area contributed by atoms with Crippen LogP contribution in [0.2, 0.25) is 0 Å². The molecule has 4 rings (SSSR count). The van der Waals surface area contributed by atoms with Gasteiger partial charge in [-0.15, -0.1) is 0 Å². The Labute approximate surface area is 180 Å². The fraction of sp³-hybridized carbons (Fsp3) is 0.333. The lowest BCUT2D eigenvalue weighted by atomic mass is 9.58. The summed E-state index contributed by atoms with van der Waals surface area (Å²) in [6, 6.07) is 13.3. The first-order chi connectivity index (χ1) is 13.7. The number of carboxylic acids is 1. The number of nitrogens with zero attached hydrogens (tertiary/aromatic N) is 2. The van der Waals surface area contributed by atoms with E-state index < -0.39 is 5.97 Å². The number of hydrogen-bond donors (Lipinski definition) is 1. The highest BCUT2D eigenvalue weighted by molar-refractivity contribution is 9.10. The van der Waals surface area contributed by atoms with Crippen molar-refractivity contribution in [3.05, 3.63) is 75.9 Å². The SMILES string of the molecule is CC1(C)C(c2ccc(C(=O)O)cc2)=CC[C@]2(C)CN(c3cccc(Br)n3)CC=C12. The zero-order valence-electron chi connectivity index (χ0n) is 16.9. The van der Waals surface area contributed by atoms with Gasteiger partial charge in [0.15, 0.2) is 0 Å². The van der Waals surface area contributed by atoms with Crippen molar-refractivity contribution in [3.8, 4) is 0 Å². The van der Waals surface area contributed by atoms with Crippen molar-refractivity contribution in [2.24, 2.45) is 10.8 Å². The van der Waals surface area contributed by atoms with Crippen molar-refractivity contribution < 1.29 is 9.90 Å². The van der Waals surface area contributed by atoms with Gasteiger partial charge in [-0.25, -0.2) is 9.78 Å².